The predicted molar refractivity (Wildman–Crippen MR) is 204 cm³/mol. The minimum absolute atomic E-state index is 0. The Hall–Kier alpha value is -5.59. The number of fused-ring (bicyclic) bond motifs is 2. The molecule has 56 heavy (non-hydrogen) atoms. The molecule has 0 aliphatic rings. The third kappa shape index (κ3) is 8.77. The Balaban J connectivity index is 0.00000600. The Morgan fingerprint density at radius 2 is 1.14 bits per heavy atom. The van der Waals surface area contributed by atoms with Crippen LogP contribution in [0.5, 0.6) is 11.5 Å². The number of nitrogen functional groups attached to an aromatic ring is 2. The summed E-state index contributed by atoms with van der Waals surface area (Å²) >= 11 is 0. The van der Waals surface area contributed by atoms with Gasteiger partial charge in [0.1, 0.15) is 43.5 Å². The van der Waals surface area contributed by atoms with Crippen molar-refractivity contribution in [3.63, 3.8) is 0 Å². The van der Waals surface area contributed by atoms with Gasteiger partial charge in [-0.2, -0.15) is 32.2 Å². The van der Waals surface area contributed by atoms with Crippen LogP contribution in [0.2, 0.25) is 0 Å². The molecule has 11 N–H and O–H groups in total. The number of nitrogens with two attached hydrogens (primary N) is 2. The summed E-state index contributed by atoms with van der Waals surface area (Å²) in [6.45, 7) is 1.62. The second-order valence-electron chi connectivity index (χ2n) is 11.8. The first-order chi connectivity index (χ1) is 25.7. The number of phenolic OH excluding ortho intramolecular Hbond substituents is 2. The number of azo groups is 3. The number of hydrogen-bond acceptors (Lipinski definition) is 17. The molecule has 0 aliphatic heterocycles. The fourth-order valence-corrected chi connectivity index (χ4v) is 7.34. The zero-order valence-corrected chi connectivity index (χ0v) is 31.6. The van der Waals surface area contributed by atoms with Crippen molar-refractivity contribution in [2.75, 3.05) is 11.5 Å². The normalized spacial score (nSPS) is 13.0. The van der Waals surface area contributed by atoms with E-state index >= 15 is 0 Å². The smallest absolute Gasteiger partial charge is 0.296 e. The van der Waals surface area contributed by atoms with Crippen molar-refractivity contribution in [3.8, 4) is 11.5 Å². The Morgan fingerprint density at radius 1 is 0.536 bits per heavy atom. The zero-order valence-electron chi connectivity index (χ0n) is 28.2. The summed E-state index contributed by atoms with van der Waals surface area (Å²) in [5.74, 6) is -1.12. The van der Waals surface area contributed by atoms with Crippen molar-refractivity contribution in [2.24, 2.45) is 30.7 Å². The minimum atomic E-state index is -4.71. The first-order valence-corrected chi connectivity index (χ1v) is 19.6. The Bertz CT molecular complexity index is 2890. The Kier molecular flexibility index (Phi) is 11.5. The monoisotopic (exact) mass is 871 g/mol. The van der Waals surface area contributed by atoms with Crippen LogP contribution in [0.3, 0.4) is 0 Å². The van der Waals surface area contributed by atoms with Crippen molar-refractivity contribution in [1.29, 1.82) is 0 Å². The summed E-state index contributed by atoms with van der Waals surface area (Å²) in [6, 6.07) is 18.7. The van der Waals surface area contributed by atoms with E-state index in [1.165, 1.54) is 54.6 Å². The second-order valence-corrected chi connectivity index (χ2v) is 16.0. The van der Waals surface area contributed by atoms with Crippen LogP contribution in [0.4, 0.5) is 45.5 Å². The molecule has 295 valence electrons. The van der Waals surface area contributed by atoms with E-state index in [4.69, 9.17) is 11.5 Å². The minimum Gasteiger partial charge on any atom is -0.506 e. The van der Waals surface area contributed by atoms with Crippen molar-refractivity contribution in [1.82, 2.24) is 0 Å². The van der Waals surface area contributed by atoms with Gasteiger partial charge in [-0.25, -0.2) is 0 Å². The van der Waals surface area contributed by atoms with E-state index in [1.807, 2.05) is 0 Å². The van der Waals surface area contributed by atoms with E-state index in [1.54, 1.807) is 19.1 Å². The molecule has 6 aromatic carbocycles. The maximum Gasteiger partial charge on any atom is 0.296 e. The van der Waals surface area contributed by atoms with E-state index in [2.05, 4.69) is 30.7 Å². The third-order valence-electron chi connectivity index (χ3n) is 7.97. The van der Waals surface area contributed by atoms with Crippen molar-refractivity contribution < 1.29 is 66.9 Å². The first-order valence-electron chi connectivity index (χ1n) is 15.3. The first kappa shape index (κ1) is 41.6. The van der Waals surface area contributed by atoms with Gasteiger partial charge in [-0.1, -0.05) is 24.3 Å². The van der Waals surface area contributed by atoms with Gasteiger partial charge in [-0.05, 0) is 77.9 Å². The van der Waals surface area contributed by atoms with E-state index in [-0.39, 0.29) is 72.2 Å². The molecule has 0 aliphatic carbocycles. The Morgan fingerprint density at radius 3 is 1.80 bits per heavy atom. The molecule has 23 heteroatoms. The number of rotatable bonds is 9. The van der Waals surface area contributed by atoms with Gasteiger partial charge in [0.05, 0.1) is 33.3 Å². The van der Waals surface area contributed by atoms with Gasteiger partial charge in [0.25, 0.3) is 20.2 Å². The number of anilines is 2. The number of aromatic hydroxyl groups is 2. The molecule has 0 heterocycles. The van der Waals surface area contributed by atoms with Gasteiger partial charge in [0.15, 0.2) is 5.75 Å². The number of aryl methyl sites for hydroxylation is 1. The maximum atomic E-state index is 11.7. The predicted octanol–water partition coefficient (Wildman–Crippen LogP) is 9.20. The SMILES string of the molecule is Cc1cc(N=Nc2c(S(O)(O)O)cc3ccc(N=Nc4cc(S(=O)(=O)O)c(N)cc4N)cc3c2O)c(O)cc1N=Nc1ccc2c(S(=O)(=O)O)cccc2c1.[Cu]. The fourth-order valence-electron chi connectivity index (χ4n) is 5.32. The van der Waals surface area contributed by atoms with Crippen molar-refractivity contribution >= 4 is 98.2 Å². The quantitative estimate of drug-likeness (QED) is 0.0283. The molecule has 0 fully saturated rings. The molecule has 19 nitrogen and oxygen atoms in total. The van der Waals surface area contributed by atoms with Crippen LogP contribution < -0.4 is 11.5 Å². The van der Waals surface area contributed by atoms with Crippen LogP contribution >= 0.6 is 10.9 Å². The van der Waals surface area contributed by atoms with Gasteiger partial charge in [0, 0.05) is 33.9 Å². The largest absolute Gasteiger partial charge is 0.506 e. The zero-order chi connectivity index (χ0) is 40.0. The molecule has 0 amide bonds. The molecule has 0 bridgehead atoms. The van der Waals surface area contributed by atoms with E-state index < -0.39 is 58.1 Å². The summed E-state index contributed by atoms with van der Waals surface area (Å²) in [5, 5.41) is 47.1. The number of benzene rings is 6. The van der Waals surface area contributed by atoms with E-state index in [9.17, 15) is 49.8 Å². The number of hydrogen-bond donors (Lipinski definition) is 9. The summed E-state index contributed by atoms with van der Waals surface area (Å²) in [4.78, 5) is -1.50. The molecule has 0 unspecified atom stereocenters. The average Bonchev–Trinajstić information content (AvgIpc) is 3.09. The summed E-state index contributed by atoms with van der Waals surface area (Å²) in [5.41, 5.74) is 11.3. The molecule has 0 atom stereocenters. The number of phenols is 2. The van der Waals surface area contributed by atoms with Crippen LogP contribution in [0.25, 0.3) is 21.5 Å². The van der Waals surface area contributed by atoms with Crippen molar-refractivity contribution in [3.05, 3.63) is 90.5 Å². The molecule has 0 saturated carbocycles. The topological polar surface area (TPSA) is 336 Å². The molecule has 0 spiro atoms. The van der Waals surface area contributed by atoms with E-state index in [0.717, 1.165) is 18.2 Å². The molecule has 0 saturated heterocycles. The third-order valence-corrected chi connectivity index (χ3v) is 10.7. The maximum absolute atomic E-state index is 11.7. The van der Waals surface area contributed by atoms with Crippen LogP contribution in [0.15, 0.2) is 130 Å². The van der Waals surface area contributed by atoms with Crippen LogP contribution in [-0.4, -0.2) is 49.8 Å². The molecular weight excluding hydrogens is 844 g/mol. The van der Waals surface area contributed by atoms with Gasteiger partial charge in [0.2, 0.25) is 0 Å². The van der Waals surface area contributed by atoms with Gasteiger partial charge >= 0.3 is 0 Å². The molecule has 6 aromatic rings. The summed E-state index contributed by atoms with van der Waals surface area (Å²) in [7, 11) is -13.7. The van der Waals surface area contributed by atoms with Crippen molar-refractivity contribution in [2.45, 2.75) is 21.6 Å². The van der Waals surface area contributed by atoms with Crippen LogP contribution in [0.1, 0.15) is 5.56 Å². The number of nitrogens with zero attached hydrogens (tertiary/aromatic N) is 6. The van der Waals surface area contributed by atoms with E-state index in [0.29, 0.717) is 16.6 Å². The standard InChI is InChI=1S/C33H28N8O11S3.Cu/c1-16-9-27(28(42)14-25(16)38-36-19-7-8-21-17(10-19)3-2-4-29(21)53(44,45)46)40-41-32-31(55(50,51)52)11-18-5-6-20(12-22(18)33(32)43)37-39-26-15-30(54(47,48)49)24(35)13-23(26)34;/h2-15,42-43,50-52H,34-35H2,1H3,(H,44,45,46)(H,47,48,49);. The van der Waals surface area contributed by atoms with Gasteiger partial charge < -0.3 is 35.3 Å². The average molecular weight is 872 g/mol. The molecule has 1 radical (unpaired) electrons. The molecule has 0 aromatic heterocycles. The molecular formula is C33H28CuN8O11S3. The molecule has 6 rings (SSSR count). The van der Waals surface area contributed by atoms with Gasteiger partial charge in [-0.15, -0.1) is 15.3 Å². The summed E-state index contributed by atoms with van der Waals surface area (Å²) < 4.78 is 96.3. The van der Waals surface area contributed by atoms with Gasteiger partial charge in [-0.3, -0.25) is 9.11 Å². The fraction of sp³-hybridized carbons (Fsp3) is 0.0303. The second kappa shape index (κ2) is 15.5. The van der Waals surface area contributed by atoms with Crippen LogP contribution in [-0.2, 0) is 37.3 Å². The Labute approximate surface area is 329 Å². The summed E-state index contributed by atoms with van der Waals surface area (Å²) in [6.07, 6.45) is 0. The van der Waals surface area contributed by atoms with Crippen LogP contribution in [0, 0.1) is 6.92 Å².